The predicted octanol–water partition coefficient (Wildman–Crippen LogP) is 3.36. The fourth-order valence-corrected chi connectivity index (χ4v) is 4.69. The molecule has 4 rings (SSSR count). The Morgan fingerprint density at radius 1 is 1.03 bits per heavy atom. The molecule has 2 aromatic rings. The third-order valence-electron chi connectivity index (χ3n) is 5.77. The minimum absolute atomic E-state index is 0.158. The van der Waals surface area contributed by atoms with E-state index in [4.69, 9.17) is 4.74 Å². The van der Waals surface area contributed by atoms with E-state index in [2.05, 4.69) is 27.0 Å². The Kier molecular flexibility index (Phi) is 7.34. The van der Waals surface area contributed by atoms with Crippen molar-refractivity contribution in [3.63, 3.8) is 0 Å². The number of hydrogen-bond donors (Lipinski definition) is 1. The molecule has 0 aliphatic carbocycles. The Bertz CT molecular complexity index is 893. The molecule has 174 valence electrons. The SMILES string of the molecule is O=C(CN1CCN(Cc2ccsc2)CC1)Nc1cc(C(F)(F)F)ccc1N1CCOCC1. The minimum atomic E-state index is -4.47. The molecular formula is C22H27F3N4O2S. The number of rotatable bonds is 6. The summed E-state index contributed by atoms with van der Waals surface area (Å²) in [5.41, 5.74) is 1.31. The topological polar surface area (TPSA) is 48.1 Å². The first-order valence-corrected chi connectivity index (χ1v) is 11.6. The van der Waals surface area contributed by atoms with Gasteiger partial charge in [-0.2, -0.15) is 24.5 Å². The number of alkyl halides is 3. The van der Waals surface area contributed by atoms with Gasteiger partial charge in [-0.1, -0.05) is 0 Å². The molecule has 10 heteroatoms. The summed E-state index contributed by atoms with van der Waals surface area (Å²) in [6, 6.07) is 5.65. The zero-order chi connectivity index (χ0) is 22.6. The lowest BCUT2D eigenvalue weighted by molar-refractivity contribution is -0.137. The number of carbonyl (C=O) groups excluding carboxylic acids is 1. The Hall–Kier alpha value is -2.14. The fourth-order valence-electron chi connectivity index (χ4n) is 4.03. The van der Waals surface area contributed by atoms with Crippen molar-refractivity contribution in [1.82, 2.24) is 9.80 Å². The van der Waals surface area contributed by atoms with Crippen LogP contribution in [0.2, 0.25) is 0 Å². The largest absolute Gasteiger partial charge is 0.416 e. The molecule has 0 saturated carbocycles. The number of benzene rings is 1. The highest BCUT2D eigenvalue weighted by Crippen LogP contribution is 2.35. The Morgan fingerprint density at radius 2 is 1.75 bits per heavy atom. The van der Waals surface area contributed by atoms with Gasteiger partial charge in [-0.3, -0.25) is 14.6 Å². The van der Waals surface area contributed by atoms with E-state index in [0.29, 0.717) is 32.0 Å². The number of carbonyl (C=O) groups is 1. The molecule has 1 N–H and O–H groups in total. The smallest absolute Gasteiger partial charge is 0.378 e. The second-order valence-corrected chi connectivity index (χ2v) is 8.84. The maximum Gasteiger partial charge on any atom is 0.416 e. The van der Waals surface area contributed by atoms with E-state index in [1.54, 1.807) is 11.3 Å². The van der Waals surface area contributed by atoms with Crippen molar-refractivity contribution < 1.29 is 22.7 Å². The van der Waals surface area contributed by atoms with Gasteiger partial charge in [-0.05, 0) is 40.6 Å². The number of morpholine rings is 1. The van der Waals surface area contributed by atoms with E-state index in [9.17, 15) is 18.0 Å². The fraction of sp³-hybridized carbons (Fsp3) is 0.500. The summed E-state index contributed by atoms with van der Waals surface area (Å²) in [5.74, 6) is -0.301. The maximum absolute atomic E-state index is 13.3. The lowest BCUT2D eigenvalue weighted by Gasteiger charge is -2.34. The summed E-state index contributed by atoms with van der Waals surface area (Å²) >= 11 is 1.68. The molecular weight excluding hydrogens is 441 g/mol. The molecule has 0 radical (unpaired) electrons. The van der Waals surface area contributed by atoms with Crippen LogP contribution in [0.25, 0.3) is 0 Å². The van der Waals surface area contributed by atoms with Crippen LogP contribution in [0.15, 0.2) is 35.0 Å². The lowest BCUT2D eigenvalue weighted by Crippen LogP contribution is -2.48. The highest BCUT2D eigenvalue weighted by atomic mass is 32.1. The number of anilines is 2. The Labute approximate surface area is 189 Å². The average molecular weight is 469 g/mol. The standard InChI is InChI=1S/C22H27F3N4O2S/c23-22(24,25)18-1-2-20(29-8-10-31-11-9-29)19(13-18)26-21(30)15-28-6-4-27(5-7-28)14-17-3-12-32-16-17/h1-3,12-13,16H,4-11,14-15H2,(H,26,30). The van der Waals surface area contributed by atoms with Crippen molar-refractivity contribution >= 4 is 28.6 Å². The normalized spacial score (nSPS) is 18.7. The average Bonchev–Trinajstić information content (AvgIpc) is 3.28. The summed E-state index contributed by atoms with van der Waals surface area (Å²) in [6.45, 7) is 6.40. The highest BCUT2D eigenvalue weighted by Gasteiger charge is 2.32. The molecule has 1 amide bonds. The van der Waals surface area contributed by atoms with E-state index in [1.807, 2.05) is 9.80 Å². The van der Waals surface area contributed by atoms with Crippen LogP contribution in [-0.2, 0) is 22.3 Å². The van der Waals surface area contributed by atoms with Crippen LogP contribution in [0.3, 0.4) is 0 Å². The molecule has 0 bridgehead atoms. The van der Waals surface area contributed by atoms with Crippen LogP contribution in [0.5, 0.6) is 0 Å². The number of hydrogen-bond acceptors (Lipinski definition) is 6. The van der Waals surface area contributed by atoms with Crippen LogP contribution in [0.4, 0.5) is 24.5 Å². The van der Waals surface area contributed by atoms with Crippen LogP contribution in [-0.4, -0.2) is 74.7 Å². The second kappa shape index (κ2) is 10.2. The van der Waals surface area contributed by atoms with Crippen LogP contribution in [0.1, 0.15) is 11.1 Å². The van der Waals surface area contributed by atoms with Gasteiger partial charge in [0.2, 0.25) is 5.91 Å². The predicted molar refractivity (Wildman–Crippen MR) is 119 cm³/mol. The summed E-state index contributed by atoms with van der Waals surface area (Å²) in [5, 5.41) is 6.94. The van der Waals surface area contributed by atoms with Gasteiger partial charge in [0.15, 0.2) is 0 Å². The first-order chi connectivity index (χ1) is 15.4. The van der Waals surface area contributed by atoms with Gasteiger partial charge in [-0.25, -0.2) is 0 Å². The molecule has 2 saturated heterocycles. The summed E-state index contributed by atoms with van der Waals surface area (Å²) < 4.78 is 45.1. The summed E-state index contributed by atoms with van der Waals surface area (Å²) in [7, 11) is 0. The second-order valence-electron chi connectivity index (χ2n) is 8.06. The quantitative estimate of drug-likeness (QED) is 0.705. The highest BCUT2D eigenvalue weighted by molar-refractivity contribution is 7.07. The minimum Gasteiger partial charge on any atom is -0.378 e. The Morgan fingerprint density at radius 3 is 2.41 bits per heavy atom. The molecule has 2 aliphatic rings. The molecule has 32 heavy (non-hydrogen) atoms. The van der Waals surface area contributed by atoms with E-state index in [1.165, 1.54) is 11.6 Å². The molecule has 2 aliphatic heterocycles. The monoisotopic (exact) mass is 468 g/mol. The van der Waals surface area contributed by atoms with Crippen LogP contribution < -0.4 is 10.2 Å². The van der Waals surface area contributed by atoms with Gasteiger partial charge < -0.3 is 15.0 Å². The van der Waals surface area contributed by atoms with Crippen molar-refractivity contribution in [2.24, 2.45) is 0 Å². The van der Waals surface area contributed by atoms with Gasteiger partial charge >= 0.3 is 6.18 Å². The zero-order valence-electron chi connectivity index (χ0n) is 17.7. The van der Waals surface area contributed by atoms with Crippen molar-refractivity contribution in [1.29, 1.82) is 0 Å². The first-order valence-electron chi connectivity index (χ1n) is 10.7. The number of thiophene rings is 1. The molecule has 6 nitrogen and oxygen atoms in total. The molecule has 0 spiro atoms. The zero-order valence-corrected chi connectivity index (χ0v) is 18.6. The molecule has 3 heterocycles. The van der Waals surface area contributed by atoms with Crippen LogP contribution >= 0.6 is 11.3 Å². The number of piperazine rings is 1. The third kappa shape index (κ3) is 6.00. The van der Waals surface area contributed by atoms with Gasteiger partial charge in [-0.15, -0.1) is 0 Å². The number of ether oxygens (including phenoxy) is 1. The van der Waals surface area contributed by atoms with E-state index in [0.717, 1.165) is 44.9 Å². The van der Waals surface area contributed by atoms with Crippen molar-refractivity contribution in [3.05, 3.63) is 46.2 Å². The van der Waals surface area contributed by atoms with Gasteiger partial charge in [0.1, 0.15) is 0 Å². The summed E-state index contributed by atoms with van der Waals surface area (Å²) in [6.07, 6.45) is -4.47. The lowest BCUT2D eigenvalue weighted by atomic mass is 10.1. The van der Waals surface area contributed by atoms with E-state index in [-0.39, 0.29) is 18.1 Å². The molecule has 2 fully saturated rings. The maximum atomic E-state index is 13.3. The molecule has 0 unspecified atom stereocenters. The Balaban J connectivity index is 1.37. The number of nitrogens with one attached hydrogen (secondary N) is 1. The first kappa shape index (κ1) is 23.0. The molecule has 0 atom stereocenters. The van der Waals surface area contributed by atoms with Gasteiger partial charge in [0, 0.05) is 45.8 Å². The van der Waals surface area contributed by atoms with E-state index >= 15 is 0 Å². The van der Waals surface area contributed by atoms with Crippen molar-refractivity contribution in [3.8, 4) is 0 Å². The van der Waals surface area contributed by atoms with Crippen molar-refractivity contribution in [2.75, 3.05) is 69.2 Å². The van der Waals surface area contributed by atoms with Gasteiger partial charge in [0.05, 0.1) is 36.7 Å². The van der Waals surface area contributed by atoms with E-state index < -0.39 is 11.7 Å². The number of amides is 1. The van der Waals surface area contributed by atoms with Gasteiger partial charge in [0.25, 0.3) is 0 Å². The number of halogens is 3. The molecule has 1 aromatic heterocycles. The summed E-state index contributed by atoms with van der Waals surface area (Å²) in [4.78, 5) is 19.1. The van der Waals surface area contributed by atoms with Crippen LogP contribution in [0, 0.1) is 0 Å². The van der Waals surface area contributed by atoms with Crippen molar-refractivity contribution in [2.45, 2.75) is 12.7 Å². The third-order valence-corrected chi connectivity index (χ3v) is 6.50. The number of nitrogens with zero attached hydrogens (tertiary/aromatic N) is 3. The molecule has 1 aromatic carbocycles.